The summed E-state index contributed by atoms with van der Waals surface area (Å²) in [4.78, 5) is 22.1. The summed E-state index contributed by atoms with van der Waals surface area (Å²) in [7, 11) is 0. The average molecular weight is 297 g/mol. The zero-order chi connectivity index (χ0) is 15.9. The molecule has 1 aromatic carbocycles. The van der Waals surface area contributed by atoms with E-state index < -0.39 is 10.8 Å². The van der Waals surface area contributed by atoms with Gasteiger partial charge in [0.15, 0.2) is 0 Å². The Morgan fingerprint density at radius 1 is 1.41 bits per heavy atom. The Bertz CT molecular complexity index is 757. The van der Waals surface area contributed by atoms with Gasteiger partial charge in [-0.15, -0.1) is 0 Å². The Morgan fingerprint density at radius 3 is 2.86 bits per heavy atom. The van der Waals surface area contributed by atoms with E-state index in [1.54, 1.807) is 24.3 Å². The smallest absolute Gasteiger partial charge is 0.270 e. The highest BCUT2D eigenvalue weighted by molar-refractivity contribution is 6.01. The fourth-order valence-electron chi connectivity index (χ4n) is 1.72. The lowest BCUT2D eigenvalue weighted by Crippen LogP contribution is -2.23. The van der Waals surface area contributed by atoms with Gasteiger partial charge in [-0.2, -0.15) is 5.26 Å². The Balaban J connectivity index is 2.13. The van der Waals surface area contributed by atoms with Crippen molar-refractivity contribution >= 4 is 17.7 Å². The SMILES string of the molecule is N#C/C(=C\c1cccc([N+](=O)[O-])c1)C(=O)NCc1ccco1. The second-order valence-corrected chi connectivity index (χ2v) is 4.28. The number of benzene rings is 1. The molecule has 0 aliphatic carbocycles. The fourth-order valence-corrected chi connectivity index (χ4v) is 1.72. The van der Waals surface area contributed by atoms with E-state index >= 15 is 0 Å². The van der Waals surface area contributed by atoms with Crippen molar-refractivity contribution in [2.75, 3.05) is 0 Å². The second kappa shape index (κ2) is 6.85. The number of nitro groups is 1. The van der Waals surface area contributed by atoms with Gasteiger partial charge in [0.1, 0.15) is 17.4 Å². The van der Waals surface area contributed by atoms with Crippen molar-refractivity contribution in [3.63, 3.8) is 0 Å². The molecule has 0 saturated heterocycles. The van der Waals surface area contributed by atoms with Crippen LogP contribution >= 0.6 is 0 Å². The lowest BCUT2D eigenvalue weighted by molar-refractivity contribution is -0.384. The van der Waals surface area contributed by atoms with Crippen LogP contribution in [0.2, 0.25) is 0 Å². The predicted octanol–water partition coefficient (Wildman–Crippen LogP) is 2.41. The van der Waals surface area contributed by atoms with Crippen LogP contribution in [0.4, 0.5) is 5.69 Å². The number of hydrogen-bond acceptors (Lipinski definition) is 5. The fraction of sp³-hybridized carbons (Fsp3) is 0.0667. The van der Waals surface area contributed by atoms with Gasteiger partial charge < -0.3 is 9.73 Å². The quantitative estimate of drug-likeness (QED) is 0.394. The topological polar surface area (TPSA) is 109 Å². The lowest BCUT2D eigenvalue weighted by Gasteiger charge is -2.02. The molecule has 0 saturated carbocycles. The minimum absolute atomic E-state index is 0.109. The van der Waals surface area contributed by atoms with Crippen molar-refractivity contribution in [3.8, 4) is 6.07 Å². The number of furan rings is 1. The number of nitro benzene ring substituents is 1. The zero-order valence-electron chi connectivity index (χ0n) is 11.4. The zero-order valence-corrected chi connectivity index (χ0v) is 11.4. The van der Waals surface area contributed by atoms with Crippen LogP contribution in [-0.4, -0.2) is 10.8 Å². The molecule has 22 heavy (non-hydrogen) atoms. The van der Waals surface area contributed by atoms with Crippen LogP contribution in [0.25, 0.3) is 6.08 Å². The summed E-state index contributed by atoms with van der Waals surface area (Å²) in [5, 5.41) is 22.3. The minimum atomic E-state index is -0.578. The third kappa shape index (κ3) is 3.80. The monoisotopic (exact) mass is 297 g/mol. The number of carbonyl (C=O) groups is 1. The molecule has 0 radical (unpaired) electrons. The third-order valence-corrected chi connectivity index (χ3v) is 2.76. The average Bonchev–Trinajstić information content (AvgIpc) is 3.04. The molecule has 0 unspecified atom stereocenters. The first-order valence-corrected chi connectivity index (χ1v) is 6.27. The molecule has 2 aromatic rings. The van der Waals surface area contributed by atoms with Crippen molar-refractivity contribution in [2.45, 2.75) is 6.54 Å². The Labute approximate surface area is 125 Å². The van der Waals surface area contributed by atoms with Gasteiger partial charge in [-0.1, -0.05) is 12.1 Å². The van der Waals surface area contributed by atoms with Gasteiger partial charge in [0, 0.05) is 12.1 Å². The number of hydrogen-bond donors (Lipinski definition) is 1. The van der Waals surface area contributed by atoms with E-state index in [1.807, 2.05) is 0 Å². The molecule has 2 rings (SSSR count). The van der Waals surface area contributed by atoms with Crippen molar-refractivity contribution in [1.82, 2.24) is 5.32 Å². The Hall–Kier alpha value is -3.40. The van der Waals surface area contributed by atoms with E-state index in [1.165, 1.54) is 30.5 Å². The summed E-state index contributed by atoms with van der Waals surface area (Å²) in [5.41, 5.74) is 0.146. The first-order chi connectivity index (χ1) is 10.6. The molecule has 7 heteroatoms. The molecule has 0 fully saturated rings. The molecule has 0 aliphatic rings. The number of nitrogens with one attached hydrogen (secondary N) is 1. The second-order valence-electron chi connectivity index (χ2n) is 4.28. The van der Waals surface area contributed by atoms with Crippen LogP contribution in [0.15, 0.2) is 52.7 Å². The maximum atomic E-state index is 11.9. The first kappa shape index (κ1) is 15.0. The summed E-state index contributed by atoms with van der Waals surface area (Å²) in [5.74, 6) is -0.0219. The largest absolute Gasteiger partial charge is 0.467 e. The van der Waals surface area contributed by atoms with E-state index in [9.17, 15) is 14.9 Å². The number of amides is 1. The summed E-state index contributed by atoms with van der Waals surface area (Å²) in [6, 6.07) is 10.8. The number of rotatable bonds is 5. The van der Waals surface area contributed by atoms with Crippen LogP contribution in [0.1, 0.15) is 11.3 Å². The normalized spacial score (nSPS) is 10.8. The van der Waals surface area contributed by atoms with Crippen molar-refractivity contribution in [2.24, 2.45) is 0 Å². The maximum Gasteiger partial charge on any atom is 0.270 e. The van der Waals surface area contributed by atoms with Crippen LogP contribution < -0.4 is 5.32 Å². The van der Waals surface area contributed by atoms with Gasteiger partial charge in [0.2, 0.25) is 0 Å². The maximum absolute atomic E-state index is 11.9. The van der Waals surface area contributed by atoms with E-state index in [0.717, 1.165) is 0 Å². The van der Waals surface area contributed by atoms with Crippen molar-refractivity contribution in [1.29, 1.82) is 5.26 Å². The number of nitrogens with zero attached hydrogens (tertiary/aromatic N) is 2. The summed E-state index contributed by atoms with van der Waals surface area (Å²) in [6.45, 7) is 0.153. The van der Waals surface area contributed by atoms with Crippen LogP contribution in [0, 0.1) is 21.4 Å². The Kier molecular flexibility index (Phi) is 4.67. The molecular weight excluding hydrogens is 286 g/mol. The van der Waals surface area contributed by atoms with Crippen LogP contribution in [-0.2, 0) is 11.3 Å². The molecule has 0 bridgehead atoms. The molecule has 0 aliphatic heterocycles. The highest BCUT2D eigenvalue weighted by Crippen LogP contribution is 2.15. The standard InChI is InChI=1S/C15H11N3O4/c16-9-12(15(19)17-10-14-5-2-6-22-14)7-11-3-1-4-13(8-11)18(20)21/h1-8H,10H2,(H,17,19)/b12-7+. The van der Waals surface area contributed by atoms with Crippen molar-refractivity contribution in [3.05, 3.63) is 69.7 Å². The molecule has 0 spiro atoms. The van der Waals surface area contributed by atoms with Gasteiger partial charge in [-0.25, -0.2) is 0 Å². The predicted molar refractivity (Wildman–Crippen MR) is 77.2 cm³/mol. The molecule has 7 nitrogen and oxygen atoms in total. The Morgan fingerprint density at radius 2 is 2.23 bits per heavy atom. The molecule has 1 aromatic heterocycles. The summed E-state index contributed by atoms with van der Waals surface area (Å²) in [6.07, 6.45) is 2.77. The first-order valence-electron chi connectivity index (χ1n) is 6.27. The molecule has 110 valence electrons. The van der Waals surface area contributed by atoms with Crippen LogP contribution in [0.5, 0.6) is 0 Å². The third-order valence-electron chi connectivity index (χ3n) is 2.76. The number of carbonyl (C=O) groups excluding carboxylic acids is 1. The highest BCUT2D eigenvalue weighted by Gasteiger charge is 2.11. The lowest BCUT2D eigenvalue weighted by atomic mass is 10.1. The van der Waals surface area contributed by atoms with E-state index in [2.05, 4.69) is 5.32 Å². The van der Waals surface area contributed by atoms with Gasteiger partial charge in [0.05, 0.1) is 17.7 Å². The number of nitriles is 1. The molecule has 1 heterocycles. The van der Waals surface area contributed by atoms with Gasteiger partial charge in [-0.05, 0) is 23.8 Å². The van der Waals surface area contributed by atoms with Gasteiger partial charge >= 0.3 is 0 Å². The van der Waals surface area contributed by atoms with Crippen molar-refractivity contribution < 1.29 is 14.1 Å². The highest BCUT2D eigenvalue weighted by atomic mass is 16.6. The minimum Gasteiger partial charge on any atom is -0.467 e. The number of non-ortho nitro benzene ring substituents is 1. The summed E-state index contributed by atoms with van der Waals surface area (Å²) >= 11 is 0. The van der Waals surface area contributed by atoms with E-state index in [-0.39, 0.29) is 17.8 Å². The van der Waals surface area contributed by atoms with E-state index in [4.69, 9.17) is 9.68 Å². The molecule has 1 N–H and O–H groups in total. The molecule has 1 amide bonds. The van der Waals surface area contributed by atoms with Gasteiger partial charge in [0.25, 0.3) is 11.6 Å². The van der Waals surface area contributed by atoms with Crippen LogP contribution in [0.3, 0.4) is 0 Å². The van der Waals surface area contributed by atoms with E-state index in [0.29, 0.717) is 11.3 Å². The van der Waals surface area contributed by atoms with Gasteiger partial charge in [-0.3, -0.25) is 14.9 Å². The summed E-state index contributed by atoms with van der Waals surface area (Å²) < 4.78 is 5.07. The molecule has 0 atom stereocenters. The molecular formula is C15H11N3O4.